The van der Waals surface area contributed by atoms with Gasteiger partial charge in [-0.05, 0) is 60.9 Å². The molecule has 1 aliphatic rings. The van der Waals surface area contributed by atoms with Gasteiger partial charge in [0, 0.05) is 23.0 Å². The van der Waals surface area contributed by atoms with Gasteiger partial charge >= 0.3 is 0 Å². The zero-order valence-electron chi connectivity index (χ0n) is 18.5. The predicted octanol–water partition coefficient (Wildman–Crippen LogP) is 4.68. The zero-order chi connectivity index (χ0) is 24.5. The summed E-state index contributed by atoms with van der Waals surface area (Å²) >= 11 is 9.98. The first-order chi connectivity index (χ1) is 16.4. The molecule has 34 heavy (non-hydrogen) atoms. The molecule has 1 saturated heterocycles. The molecular formula is C24H24BrN3O4S2. The van der Waals surface area contributed by atoms with Crippen molar-refractivity contribution in [3.8, 4) is 5.75 Å². The zero-order valence-corrected chi connectivity index (χ0v) is 21.7. The van der Waals surface area contributed by atoms with Gasteiger partial charge in [-0.3, -0.25) is 30.1 Å². The van der Waals surface area contributed by atoms with Crippen LogP contribution < -0.4 is 15.6 Å². The number of hydrogen-bond donors (Lipinski definition) is 2. The summed E-state index contributed by atoms with van der Waals surface area (Å²) < 4.78 is 6.56. The molecule has 7 nitrogen and oxygen atoms in total. The molecule has 0 spiro atoms. The molecular weight excluding hydrogens is 538 g/mol. The van der Waals surface area contributed by atoms with Crippen LogP contribution in [0.15, 0.2) is 57.9 Å². The van der Waals surface area contributed by atoms with Crippen LogP contribution in [0, 0.1) is 0 Å². The summed E-state index contributed by atoms with van der Waals surface area (Å²) in [7, 11) is 1.61. The molecule has 1 aliphatic heterocycles. The van der Waals surface area contributed by atoms with Crippen molar-refractivity contribution in [2.75, 3.05) is 13.7 Å². The summed E-state index contributed by atoms with van der Waals surface area (Å²) in [5.74, 6) is 0.0148. The lowest BCUT2D eigenvalue weighted by Gasteiger charge is -2.14. The minimum absolute atomic E-state index is 0.0979. The number of rotatable bonds is 9. The van der Waals surface area contributed by atoms with Gasteiger partial charge in [0.05, 0.1) is 12.0 Å². The van der Waals surface area contributed by atoms with Gasteiger partial charge < -0.3 is 4.74 Å². The second-order valence-corrected chi connectivity index (χ2v) is 10.0. The van der Waals surface area contributed by atoms with Crippen LogP contribution in [-0.4, -0.2) is 40.6 Å². The Hall–Kier alpha value is -2.69. The summed E-state index contributed by atoms with van der Waals surface area (Å²) in [4.78, 5) is 38.9. The van der Waals surface area contributed by atoms with Crippen molar-refractivity contribution in [3.05, 3.63) is 69.0 Å². The number of ether oxygens (including phenoxy) is 1. The number of benzene rings is 2. The van der Waals surface area contributed by atoms with Gasteiger partial charge in [0.2, 0.25) is 5.91 Å². The Morgan fingerprint density at radius 3 is 2.44 bits per heavy atom. The summed E-state index contributed by atoms with van der Waals surface area (Å²) in [5, 5.41) is 0. The molecule has 0 saturated carbocycles. The Bertz CT molecular complexity index is 1090. The van der Waals surface area contributed by atoms with Gasteiger partial charge in [0.15, 0.2) is 0 Å². The Labute approximate surface area is 216 Å². The molecule has 2 aromatic rings. The maximum Gasteiger partial charge on any atom is 0.269 e. The van der Waals surface area contributed by atoms with Crippen molar-refractivity contribution in [1.82, 2.24) is 15.8 Å². The Balaban J connectivity index is 1.36. The molecule has 2 N–H and O–H groups in total. The molecule has 178 valence electrons. The minimum atomic E-state index is -0.377. The summed E-state index contributed by atoms with van der Waals surface area (Å²) in [6, 6.07) is 14.3. The van der Waals surface area contributed by atoms with Gasteiger partial charge in [0.25, 0.3) is 11.8 Å². The van der Waals surface area contributed by atoms with Crippen LogP contribution in [-0.2, 0) is 9.59 Å². The second kappa shape index (κ2) is 12.7. The van der Waals surface area contributed by atoms with Crippen LogP contribution in [0.1, 0.15) is 41.6 Å². The molecule has 2 aromatic carbocycles. The number of halogens is 1. The van der Waals surface area contributed by atoms with Crippen molar-refractivity contribution >= 4 is 68.0 Å². The molecule has 0 unspecified atom stereocenters. The number of nitrogens with zero attached hydrogens (tertiary/aromatic N) is 1. The lowest BCUT2D eigenvalue weighted by molar-refractivity contribution is -0.123. The van der Waals surface area contributed by atoms with Gasteiger partial charge in [-0.2, -0.15) is 0 Å². The van der Waals surface area contributed by atoms with E-state index in [9.17, 15) is 14.4 Å². The van der Waals surface area contributed by atoms with Crippen molar-refractivity contribution in [2.24, 2.45) is 0 Å². The molecule has 0 bridgehead atoms. The Morgan fingerprint density at radius 1 is 1.06 bits per heavy atom. The monoisotopic (exact) mass is 561 g/mol. The van der Waals surface area contributed by atoms with Gasteiger partial charge in [-0.1, -0.05) is 58.5 Å². The van der Waals surface area contributed by atoms with Crippen LogP contribution >= 0.6 is 39.9 Å². The van der Waals surface area contributed by atoms with E-state index in [0.717, 1.165) is 28.6 Å². The Morgan fingerprint density at radius 2 is 1.76 bits per heavy atom. The van der Waals surface area contributed by atoms with E-state index < -0.39 is 0 Å². The second-order valence-electron chi connectivity index (χ2n) is 7.43. The highest BCUT2D eigenvalue weighted by atomic mass is 79.9. The number of amides is 3. The number of hydrogen-bond acceptors (Lipinski definition) is 6. The number of carbonyl (C=O) groups is 3. The molecule has 1 fully saturated rings. The normalized spacial score (nSPS) is 14.4. The van der Waals surface area contributed by atoms with Gasteiger partial charge in [-0.25, -0.2) is 0 Å². The summed E-state index contributed by atoms with van der Waals surface area (Å²) in [6.07, 6.45) is 4.21. The molecule has 10 heteroatoms. The molecule has 3 rings (SSSR count). The number of thiocarbonyl (C=S) groups is 1. The minimum Gasteiger partial charge on any atom is -0.497 e. The molecule has 3 amide bonds. The molecule has 0 radical (unpaired) electrons. The van der Waals surface area contributed by atoms with Gasteiger partial charge in [-0.15, -0.1) is 0 Å². The maximum absolute atomic E-state index is 12.7. The topological polar surface area (TPSA) is 87.7 Å². The fourth-order valence-electron chi connectivity index (χ4n) is 3.14. The third-order valence-corrected chi connectivity index (χ3v) is 6.90. The summed E-state index contributed by atoms with van der Waals surface area (Å²) in [5.41, 5.74) is 6.18. The van der Waals surface area contributed by atoms with E-state index in [0.29, 0.717) is 27.8 Å². The average Bonchev–Trinajstić information content (AvgIpc) is 3.10. The number of methoxy groups -OCH3 is 1. The molecule has 0 aromatic heterocycles. The van der Waals surface area contributed by atoms with Crippen molar-refractivity contribution in [3.63, 3.8) is 0 Å². The highest BCUT2D eigenvalue weighted by Gasteiger charge is 2.31. The van der Waals surface area contributed by atoms with E-state index in [1.165, 1.54) is 11.8 Å². The van der Waals surface area contributed by atoms with Crippen LogP contribution in [0.3, 0.4) is 0 Å². The van der Waals surface area contributed by atoms with E-state index in [2.05, 4.69) is 26.8 Å². The quantitative estimate of drug-likeness (QED) is 0.200. The SMILES string of the molecule is COc1ccc(C=C2SC(=S)N(CCCCCC(=O)NNC(=O)c3ccc(Br)cc3)C2=O)cc1. The average molecular weight is 563 g/mol. The number of thioether (sulfide) groups is 1. The Kier molecular flexibility index (Phi) is 9.67. The van der Waals surface area contributed by atoms with Crippen LogP contribution in [0.5, 0.6) is 5.75 Å². The lowest BCUT2D eigenvalue weighted by atomic mass is 10.1. The lowest BCUT2D eigenvalue weighted by Crippen LogP contribution is -2.41. The first kappa shape index (κ1) is 25.9. The molecule has 0 atom stereocenters. The highest BCUT2D eigenvalue weighted by Crippen LogP contribution is 2.33. The third-order valence-electron chi connectivity index (χ3n) is 4.99. The standard InChI is InChI=1S/C24H24BrN3O4S2/c1-32-19-12-6-16(7-13-19)15-20-23(31)28(24(33)34-20)14-4-2-3-5-21(29)26-27-22(30)17-8-10-18(25)11-9-17/h6-13,15H,2-5,14H2,1H3,(H,26,29)(H,27,30). The fourth-order valence-corrected chi connectivity index (χ4v) is 4.71. The van der Waals surface area contributed by atoms with E-state index >= 15 is 0 Å². The number of nitrogens with one attached hydrogen (secondary N) is 2. The number of unbranched alkanes of at least 4 members (excludes halogenated alkanes) is 2. The van der Waals surface area contributed by atoms with Crippen molar-refractivity contribution in [1.29, 1.82) is 0 Å². The number of hydrazine groups is 1. The number of carbonyl (C=O) groups excluding carboxylic acids is 3. The summed E-state index contributed by atoms with van der Waals surface area (Å²) in [6.45, 7) is 0.506. The third kappa shape index (κ3) is 7.41. The highest BCUT2D eigenvalue weighted by molar-refractivity contribution is 9.10. The van der Waals surface area contributed by atoms with E-state index in [1.54, 1.807) is 36.3 Å². The molecule has 0 aliphatic carbocycles. The van der Waals surface area contributed by atoms with E-state index in [1.807, 2.05) is 30.3 Å². The van der Waals surface area contributed by atoms with Crippen molar-refractivity contribution in [2.45, 2.75) is 25.7 Å². The largest absolute Gasteiger partial charge is 0.497 e. The van der Waals surface area contributed by atoms with Gasteiger partial charge in [0.1, 0.15) is 10.1 Å². The van der Waals surface area contributed by atoms with Crippen molar-refractivity contribution < 1.29 is 19.1 Å². The smallest absolute Gasteiger partial charge is 0.269 e. The van der Waals surface area contributed by atoms with Crippen LogP contribution in [0.4, 0.5) is 0 Å². The maximum atomic E-state index is 12.7. The molecule has 1 heterocycles. The van der Waals surface area contributed by atoms with Crippen LogP contribution in [0.25, 0.3) is 6.08 Å². The van der Waals surface area contributed by atoms with E-state index in [-0.39, 0.29) is 24.1 Å². The fraction of sp³-hybridized carbons (Fsp3) is 0.250. The predicted molar refractivity (Wildman–Crippen MR) is 141 cm³/mol. The van der Waals surface area contributed by atoms with Crippen LogP contribution in [0.2, 0.25) is 0 Å². The van der Waals surface area contributed by atoms with E-state index in [4.69, 9.17) is 17.0 Å². The first-order valence-electron chi connectivity index (χ1n) is 10.6. The first-order valence-corrected chi connectivity index (χ1v) is 12.6.